The summed E-state index contributed by atoms with van der Waals surface area (Å²) in [5.41, 5.74) is 0.663. The summed E-state index contributed by atoms with van der Waals surface area (Å²) < 4.78 is 1.73. The summed E-state index contributed by atoms with van der Waals surface area (Å²) in [6.07, 6.45) is 4.54. The predicted molar refractivity (Wildman–Crippen MR) is 105 cm³/mol. The van der Waals surface area contributed by atoms with Gasteiger partial charge in [-0.3, -0.25) is 14.3 Å². The number of hydrogen-bond acceptors (Lipinski definition) is 4. The molecule has 0 spiro atoms. The maximum absolute atomic E-state index is 13.2. The van der Waals surface area contributed by atoms with Gasteiger partial charge in [-0.2, -0.15) is 16.4 Å². The van der Waals surface area contributed by atoms with Crippen LogP contribution < -0.4 is 5.32 Å². The number of anilines is 1. The van der Waals surface area contributed by atoms with Gasteiger partial charge in [-0.15, -0.1) is 0 Å². The number of carbonyl (C=O) groups is 2. The van der Waals surface area contributed by atoms with E-state index in [0.717, 1.165) is 5.69 Å². The van der Waals surface area contributed by atoms with Crippen molar-refractivity contribution in [1.82, 2.24) is 14.7 Å². The standard InChI is InChI=1S/C20H20N4O2S/c25-18(16-7-14-27-15-16)23-12-8-20(9-13-23,24-11-4-10-21-24)19(26)22-17-5-2-1-3-6-17/h1-7,10-11,14-15H,8-9,12-13H2,(H,22,26). The van der Waals surface area contributed by atoms with Crippen molar-refractivity contribution in [2.45, 2.75) is 18.4 Å². The van der Waals surface area contributed by atoms with Crippen molar-refractivity contribution >= 4 is 28.8 Å². The Morgan fingerprint density at radius 1 is 1.07 bits per heavy atom. The lowest BCUT2D eigenvalue weighted by Gasteiger charge is -2.40. The van der Waals surface area contributed by atoms with Crippen molar-refractivity contribution in [1.29, 1.82) is 0 Å². The van der Waals surface area contributed by atoms with E-state index >= 15 is 0 Å². The number of likely N-dealkylation sites (tertiary alicyclic amines) is 1. The van der Waals surface area contributed by atoms with Gasteiger partial charge in [0, 0.05) is 36.6 Å². The van der Waals surface area contributed by atoms with Crippen molar-refractivity contribution in [3.63, 3.8) is 0 Å². The third-order valence-electron chi connectivity index (χ3n) is 5.04. The topological polar surface area (TPSA) is 67.2 Å². The smallest absolute Gasteiger partial charge is 0.254 e. The van der Waals surface area contributed by atoms with Crippen LogP contribution in [0.1, 0.15) is 23.2 Å². The van der Waals surface area contributed by atoms with E-state index < -0.39 is 5.54 Å². The van der Waals surface area contributed by atoms with Gasteiger partial charge in [0.2, 0.25) is 0 Å². The van der Waals surface area contributed by atoms with Crippen LogP contribution in [0.4, 0.5) is 5.69 Å². The molecule has 1 fully saturated rings. The van der Waals surface area contributed by atoms with Crippen LogP contribution in [-0.4, -0.2) is 39.6 Å². The highest BCUT2D eigenvalue weighted by atomic mass is 32.1. The molecule has 1 N–H and O–H groups in total. The van der Waals surface area contributed by atoms with Crippen molar-refractivity contribution < 1.29 is 9.59 Å². The molecule has 138 valence electrons. The number of thiophene rings is 1. The van der Waals surface area contributed by atoms with Crippen LogP contribution in [0.25, 0.3) is 0 Å². The van der Waals surface area contributed by atoms with Crippen LogP contribution in [0.3, 0.4) is 0 Å². The zero-order chi connectivity index (χ0) is 18.7. The molecular weight excluding hydrogens is 360 g/mol. The first kappa shape index (κ1) is 17.5. The Morgan fingerprint density at radius 3 is 2.48 bits per heavy atom. The Labute approximate surface area is 161 Å². The maximum Gasteiger partial charge on any atom is 0.254 e. The van der Waals surface area contributed by atoms with E-state index in [1.165, 1.54) is 11.3 Å². The monoisotopic (exact) mass is 380 g/mol. The van der Waals surface area contributed by atoms with E-state index in [1.807, 2.05) is 64.3 Å². The summed E-state index contributed by atoms with van der Waals surface area (Å²) in [4.78, 5) is 27.7. The molecular formula is C20H20N4O2S. The highest BCUT2D eigenvalue weighted by Gasteiger charge is 2.44. The molecule has 6 nitrogen and oxygen atoms in total. The molecule has 7 heteroatoms. The fourth-order valence-corrected chi connectivity index (χ4v) is 4.13. The van der Waals surface area contributed by atoms with Crippen LogP contribution in [0.5, 0.6) is 0 Å². The Kier molecular flexibility index (Phi) is 4.77. The fraction of sp³-hybridized carbons (Fsp3) is 0.250. The van der Waals surface area contributed by atoms with Crippen molar-refractivity contribution in [3.8, 4) is 0 Å². The van der Waals surface area contributed by atoms with Crippen LogP contribution >= 0.6 is 11.3 Å². The molecule has 0 bridgehead atoms. The molecule has 1 saturated heterocycles. The highest BCUT2D eigenvalue weighted by Crippen LogP contribution is 2.32. The lowest BCUT2D eigenvalue weighted by molar-refractivity contribution is -0.127. The lowest BCUT2D eigenvalue weighted by Crippen LogP contribution is -2.54. The molecule has 0 aliphatic carbocycles. The van der Waals surface area contributed by atoms with Crippen molar-refractivity contribution in [2.24, 2.45) is 0 Å². The minimum atomic E-state index is -0.801. The highest BCUT2D eigenvalue weighted by molar-refractivity contribution is 7.08. The third-order valence-corrected chi connectivity index (χ3v) is 5.73. The van der Waals surface area contributed by atoms with Gasteiger partial charge in [0.1, 0.15) is 5.54 Å². The Morgan fingerprint density at radius 2 is 1.85 bits per heavy atom. The van der Waals surface area contributed by atoms with Crippen molar-refractivity contribution in [2.75, 3.05) is 18.4 Å². The number of amides is 2. The number of aromatic nitrogens is 2. The summed E-state index contributed by atoms with van der Waals surface area (Å²) in [6, 6.07) is 13.1. The lowest BCUT2D eigenvalue weighted by atomic mass is 9.86. The molecule has 1 aliphatic heterocycles. The molecule has 4 rings (SSSR count). The van der Waals surface area contributed by atoms with Crippen LogP contribution in [0.2, 0.25) is 0 Å². The summed E-state index contributed by atoms with van der Waals surface area (Å²) in [6.45, 7) is 1.02. The minimum Gasteiger partial charge on any atom is -0.338 e. The molecule has 1 aliphatic rings. The van der Waals surface area contributed by atoms with Gasteiger partial charge in [0.15, 0.2) is 0 Å². The van der Waals surface area contributed by atoms with E-state index in [9.17, 15) is 9.59 Å². The first-order chi connectivity index (χ1) is 13.2. The zero-order valence-electron chi connectivity index (χ0n) is 14.7. The number of para-hydroxylation sites is 1. The second-order valence-electron chi connectivity index (χ2n) is 6.61. The van der Waals surface area contributed by atoms with Gasteiger partial charge >= 0.3 is 0 Å². The summed E-state index contributed by atoms with van der Waals surface area (Å²) in [7, 11) is 0. The Hall–Kier alpha value is -2.93. The molecule has 3 heterocycles. The Bertz CT molecular complexity index is 899. The fourth-order valence-electron chi connectivity index (χ4n) is 3.50. The van der Waals surface area contributed by atoms with Gasteiger partial charge in [-0.1, -0.05) is 18.2 Å². The van der Waals surface area contributed by atoms with Crippen LogP contribution in [-0.2, 0) is 10.3 Å². The summed E-state index contributed by atoms with van der Waals surface area (Å²) in [5.74, 6) is -0.0752. The molecule has 2 aromatic heterocycles. The van der Waals surface area contributed by atoms with Gasteiger partial charge in [0.25, 0.3) is 11.8 Å². The number of nitrogens with zero attached hydrogens (tertiary/aromatic N) is 3. The summed E-state index contributed by atoms with van der Waals surface area (Å²) >= 11 is 1.51. The summed E-state index contributed by atoms with van der Waals surface area (Å²) in [5, 5.41) is 11.1. The van der Waals surface area contributed by atoms with Gasteiger partial charge in [-0.05, 0) is 42.5 Å². The molecule has 1 aromatic carbocycles. The van der Waals surface area contributed by atoms with Crippen LogP contribution in [0, 0.1) is 0 Å². The quantitative estimate of drug-likeness (QED) is 0.756. The molecule has 3 aromatic rings. The molecule has 0 radical (unpaired) electrons. The molecule has 0 unspecified atom stereocenters. The minimum absolute atomic E-state index is 0.0220. The maximum atomic E-state index is 13.2. The predicted octanol–water partition coefficient (Wildman–Crippen LogP) is 3.21. The molecule has 2 amide bonds. The number of piperidine rings is 1. The Balaban J connectivity index is 1.55. The van der Waals surface area contributed by atoms with E-state index in [1.54, 1.807) is 10.9 Å². The number of hydrogen-bond donors (Lipinski definition) is 1. The average molecular weight is 380 g/mol. The zero-order valence-corrected chi connectivity index (χ0v) is 15.6. The van der Waals surface area contributed by atoms with E-state index in [2.05, 4.69) is 10.4 Å². The first-order valence-corrected chi connectivity index (χ1v) is 9.81. The second kappa shape index (κ2) is 7.36. The van der Waals surface area contributed by atoms with Crippen LogP contribution in [0.15, 0.2) is 65.6 Å². The molecule has 0 atom stereocenters. The SMILES string of the molecule is O=C(c1ccsc1)N1CCC(C(=O)Nc2ccccc2)(n2cccn2)CC1. The number of rotatable bonds is 4. The van der Waals surface area contributed by atoms with Gasteiger partial charge in [-0.25, -0.2) is 0 Å². The first-order valence-electron chi connectivity index (χ1n) is 8.87. The average Bonchev–Trinajstić information content (AvgIpc) is 3.42. The van der Waals surface area contributed by atoms with Gasteiger partial charge < -0.3 is 10.2 Å². The molecule has 27 heavy (non-hydrogen) atoms. The third kappa shape index (κ3) is 3.38. The second-order valence-corrected chi connectivity index (χ2v) is 7.39. The largest absolute Gasteiger partial charge is 0.338 e. The molecule has 0 saturated carbocycles. The van der Waals surface area contributed by atoms with E-state index in [0.29, 0.717) is 31.5 Å². The normalized spacial score (nSPS) is 16.1. The van der Waals surface area contributed by atoms with E-state index in [-0.39, 0.29) is 11.8 Å². The number of benzene rings is 1. The number of carbonyl (C=O) groups excluding carboxylic acids is 2. The van der Waals surface area contributed by atoms with Crippen molar-refractivity contribution in [3.05, 3.63) is 71.2 Å². The number of nitrogens with one attached hydrogen (secondary N) is 1. The van der Waals surface area contributed by atoms with Gasteiger partial charge in [0.05, 0.1) is 5.56 Å². The van der Waals surface area contributed by atoms with E-state index in [4.69, 9.17) is 0 Å².